The molecule has 0 unspecified atom stereocenters. The van der Waals surface area contributed by atoms with E-state index in [1.807, 2.05) is 37.1 Å². The molecule has 0 bridgehead atoms. The number of tetrazole rings is 1. The molecule has 2 heterocycles. The normalized spacial score (nSPS) is 24.0. The van der Waals surface area contributed by atoms with E-state index in [4.69, 9.17) is 9.47 Å². The van der Waals surface area contributed by atoms with Crippen LogP contribution in [0.25, 0.3) is 5.69 Å². The van der Waals surface area contributed by atoms with Crippen molar-refractivity contribution in [3.8, 4) is 17.2 Å². The molecular weight excluding hydrogens is 346 g/mol. The van der Waals surface area contributed by atoms with Gasteiger partial charge in [0.25, 0.3) is 0 Å². The van der Waals surface area contributed by atoms with Crippen molar-refractivity contribution in [2.24, 2.45) is 5.92 Å². The summed E-state index contributed by atoms with van der Waals surface area (Å²) in [6.45, 7) is 4.36. The van der Waals surface area contributed by atoms with Gasteiger partial charge in [-0.05, 0) is 54.2 Å². The lowest BCUT2D eigenvalue weighted by Crippen LogP contribution is -2.50. The molecule has 4 rings (SSSR count). The van der Waals surface area contributed by atoms with Crippen LogP contribution < -0.4 is 9.47 Å². The van der Waals surface area contributed by atoms with Crippen molar-refractivity contribution in [3.05, 3.63) is 24.0 Å². The maximum absolute atomic E-state index is 12.6. The molecule has 1 saturated carbocycles. The fourth-order valence-electron chi connectivity index (χ4n) is 4.09. The Labute approximate surface area is 158 Å². The maximum atomic E-state index is 12.6. The molecule has 0 N–H and O–H groups in total. The molecule has 1 amide bonds. The number of rotatable bonds is 4. The van der Waals surface area contributed by atoms with E-state index in [0.717, 1.165) is 31.4 Å². The third-order valence-electron chi connectivity index (χ3n) is 5.91. The Balaban J connectivity index is 1.78. The molecular formula is C19H25N5O3. The topological polar surface area (TPSA) is 82.4 Å². The number of fused-ring (bicyclic) bond motifs is 1. The largest absolute Gasteiger partial charge is 0.454 e. The Bertz CT molecular complexity index is 842. The van der Waals surface area contributed by atoms with E-state index in [-0.39, 0.29) is 12.7 Å². The van der Waals surface area contributed by atoms with E-state index in [1.54, 1.807) is 4.68 Å². The Morgan fingerprint density at radius 1 is 1.30 bits per heavy atom. The third-order valence-corrected chi connectivity index (χ3v) is 5.91. The summed E-state index contributed by atoms with van der Waals surface area (Å²) in [6, 6.07) is 5.65. The quantitative estimate of drug-likeness (QED) is 0.822. The Morgan fingerprint density at radius 2 is 2.04 bits per heavy atom. The molecule has 0 saturated heterocycles. The van der Waals surface area contributed by atoms with Crippen molar-refractivity contribution in [1.82, 2.24) is 25.1 Å². The number of carbonyl (C=O) groups is 1. The van der Waals surface area contributed by atoms with Crippen molar-refractivity contribution >= 4 is 5.91 Å². The van der Waals surface area contributed by atoms with E-state index in [2.05, 4.69) is 22.4 Å². The second-order valence-corrected chi connectivity index (χ2v) is 7.47. The summed E-state index contributed by atoms with van der Waals surface area (Å²) in [5.74, 6) is 2.84. The van der Waals surface area contributed by atoms with Gasteiger partial charge in [-0.3, -0.25) is 4.79 Å². The van der Waals surface area contributed by atoms with Gasteiger partial charge in [0.15, 0.2) is 17.3 Å². The first kappa shape index (κ1) is 17.8. The second-order valence-electron chi connectivity index (χ2n) is 7.47. The van der Waals surface area contributed by atoms with Gasteiger partial charge in [-0.25, -0.2) is 0 Å². The molecule has 0 atom stereocenters. The van der Waals surface area contributed by atoms with Gasteiger partial charge in [-0.15, -0.1) is 5.10 Å². The molecule has 1 fully saturated rings. The zero-order valence-electron chi connectivity index (χ0n) is 16.0. The van der Waals surface area contributed by atoms with E-state index < -0.39 is 5.54 Å². The van der Waals surface area contributed by atoms with Gasteiger partial charge in [-0.2, -0.15) is 4.68 Å². The first-order valence-electron chi connectivity index (χ1n) is 9.50. The molecule has 8 heteroatoms. The number of carbonyl (C=O) groups excluding carboxylic acids is 1. The molecule has 0 spiro atoms. The number of aromatic nitrogens is 4. The van der Waals surface area contributed by atoms with Crippen molar-refractivity contribution in [3.63, 3.8) is 0 Å². The summed E-state index contributed by atoms with van der Waals surface area (Å²) in [5, 5.41) is 12.6. The zero-order valence-corrected chi connectivity index (χ0v) is 16.0. The summed E-state index contributed by atoms with van der Waals surface area (Å²) in [5.41, 5.74) is 0.300. The van der Waals surface area contributed by atoms with Crippen LogP contribution in [-0.4, -0.2) is 44.9 Å². The van der Waals surface area contributed by atoms with Crippen LogP contribution in [0, 0.1) is 5.92 Å². The third kappa shape index (κ3) is 2.93. The molecule has 0 radical (unpaired) electrons. The second kappa shape index (κ2) is 6.83. The van der Waals surface area contributed by atoms with Gasteiger partial charge in [0, 0.05) is 19.5 Å². The van der Waals surface area contributed by atoms with Crippen molar-refractivity contribution in [2.75, 3.05) is 13.8 Å². The number of ether oxygens (including phenoxy) is 2. The lowest BCUT2D eigenvalue weighted by atomic mass is 9.75. The average Bonchev–Trinajstić information content (AvgIpc) is 3.36. The van der Waals surface area contributed by atoms with Crippen LogP contribution in [0.3, 0.4) is 0 Å². The van der Waals surface area contributed by atoms with E-state index in [0.29, 0.717) is 29.7 Å². The summed E-state index contributed by atoms with van der Waals surface area (Å²) >= 11 is 0. The number of benzene rings is 1. The van der Waals surface area contributed by atoms with Crippen LogP contribution in [0.5, 0.6) is 11.5 Å². The van der Waals surface area contributed by atoms with Gasteiger partial charge in [0.2, 0.25) is 12.7 Å². The highest BCUT2D eigenvalue weighted by atomic mass is 16.7. The Kier molecular flexibility index (Phi) is 4.49. The van der Waals surface area contributed by atoms with Crippen LogP contribution >= 0.6 is 0 Å². The van der Waals surface area contributed by atoms with Crippen molar-refractivity contribution in [2.45, 2.75) is 51.5 Å². The summed E-state index contributed by atoms with van der Waals surface area (Å²) in [4.78, 5) is 14.5. The van der Waals surface area contributed by atoms with Gasteiger partial charge < -0.3 is 14.4 Å². The lowest BCUT2D eigenvalue weighted by molar-refractivity contribution is -0.138. The highest BCUT2D eigenvalue weighted by molar-refractivity contribution is 5.76. The fourth-order valence-corrected chi connectivity index (χ4v) is 4.09. The number of hydrogen-bond donors (Lipinski definition) is 0. The van der Waals surface area contributed by atoms with Crippen molar-refractivity contribution < 1.29 is 14.3 Å². The Morgan fingerprint density at radius 3 is 2.78 bits per heavy atom. The van der Waals surface area contributed by atoms with Gasteiger partial charge in [-0.1, -0.05) is 13.8 Å². The first-order chi connectivity index (χ1) is 13.0. The first-order valence-corrected chi connectivity index (χ1v) is 9.50. The van der Waals surface area contributed by atoms with Crippen LogP contribution in [0.4, 0.5) is 0 Å². The maximum Gasteiger partial charge on any atom is 0.231 e. The molecule has 2 aromatic rings. The molecule has 1 aromatic carbocycles. The van der Waals surface area contributed by atoms with Crippen LogP contribution in [0.2, 0.25) is 0 Å². The van der Waals surface area contributed by atoms with Crippen LogP contribution in [0.15, 0.2) is 18.2 Å². The highest BCUT2D eigenvalue weighted by Gasteiger charge is 2.45. The monoisotopic (exact) mass is 371 g/mol. The van der Waals surface area contributed by atoms with Gasteiger partial charge in [0.1, 0.15) is 5.54 Å². The molecule has 1 aliphatic carbocycles. The smallest absolute Gasteiger partial charge is 0.231 e. The fraction of sp³-hybridized carbons (Fsp3) is 0.579. The molecule has 1 aliphatic heterocycles. The zero-order chi connectivity index (χ0) is 19.0. The number of amides is 1. The summed E-state index contributed by atoms with van der Waals surface area (Å²) in [6.07, 6.45) is 4.23. The summed E-state index contributed by atoms with van der Waals surface area (Å²) in [7, 11) is 1.88. The molecule has 2 aliphatic rings. The van der Waals surface area contributed by atoms with Gasteiger partial charge in [0.05, 0.1) is 5.69 Å². The van der Waals surface area contributed by atoms with Crippen LogP contribution in [-0.2, 0) is 10.3 Å². The summed E-state index contributed by atoms with van der Waals surface area (Å²) < 4.78 is 12.6. The molecule has 27 heavy (non-hydrogen) atoms. The van der Waals surface area contributed by atoms with Gasteiger partial charge >= 0.3 is 0 Å². The Hall–Kier alpha value is -2.64. The lowest BCUT2D eigenvalue weighted by Gasteiger charge is -2.44. The predicted octanol–water partition coefficient (Wildman–Crippen LogP) is 2.66. The predicted molar refractivity (Wildman–Crippen MR) is 97.6 cm³/mol. The molecule has 1 aromatic heterocycles. The standard InChI is InChI=1S/C19H25N5O3/c1-4-17(25)23(3)19(9-7-13(2)8-10-19)18-20-21-22-24(18)14-5-6-15-16(11-14)27-12-26-15/h5-6,11,13H,4,7-10,12H2,1-3H3. The highest BCUT2D eigenvalue weighted by Crippen LogP contribution is 2.44. The molecule has 8 nitrogen and oxygen atoms in total. The van der Waals surface area contributed by atoms with Crippen molar-refractivity contribution in [1.29, 1.82) is 0 Å². The average molecular weight is 371 g/mol. The number of hydrogen-bond acceptors (Lipinski definition) is 6. The minimum Gasteiger partial charge on any atom is -0.454 e. The SMILES string of the molecule is CCC(=O)N(C)C1(c2nnnn2-c2ccc3c(c2)OCO3)CCC(C)CC1. The van der Waals surface area contributed by atoms with E-state index >= 15 is 0 Å². The van der Waals surface area contributed by atoms with E-state index in [1.165, 1.54) is 0 Å². The van der Waals surface area contributed by atoms with E-state index in [9.17, 15) is 4.79 Å². The minimum atomic E-state index is -0.501. The minimum absolute atomic E-state index is 0.102. The molecule has 144 valence electrons. The van der Waals surface area contributed by atoms with Crippen LogP contribution in [0.1, 0.15) is 51.8 Å². The number of nitrogens with zero attached hydrogens (tertiary/aromatic N) is 5.